The minimum Gasteiger partial charge on any atom is -0.456 e. The molecule has 0 radical (unpaired) electrons. The molecule has 0 N–H and O–H groups in total. The third kappa shape index (κ3) is 3.51. The van der Waals surface area contributed by atoms with Crippen LogP contribution in [0.5, 0.6) is 0 Å². The monoisotopic (exact) mass is 479 g/mol. The molecule has 5 rings (SSSR count). The van der Waals surface area contributed by atoms with Gasteiger partial charge in [0.25, 0.3) is 17.4 Å². The van der Waals surface area contributed by atoms with Crippen molar-refractivity contribution in [2.24, 2.45) is 0 Å². The third-order valence-electron chi connectivity index (χ3n) is 5.20. The molecular formula is C23H14ClN3O5S. The van der Waals surface area contributed by atoms with E-state index in [4.69, 9.17) is 16.3 Å². The summed E-state index contributed by atoms with van der Waals surface area (Å²) in [7, 11) is 0. The fourth-order valence-corrected chi connectivity index (χ4v) is 4.73. The Kier molecular flexibility index (Phi) is 5.07. The predicted octanol–water partition coefficient (Wildman–Crippen LogP) is 3.88. The number of aromatic nitrogens is 2. The molecule has 0 spiro atoms. The maximum atomic E-state index is 12.9. The summed E-state index contributed by atoms with van der Waals surface area (Å²) in [4.78, 5) is 56.4. The predicted molar refractivity (Wildman–Crippen MR) is 122 cm³/mol. The Morgan fingerprint density at radius 1 is 1.06 bits per heavy atom. The molecule has 0 saturated carbocycles. The minimum atomic E-state index is -0.710. The van der Waals surface area contributed by atoms with E-state index in [0.717, 1.165) is 10.6 Å². The van der Waals surface area contributed by atoms with Gasteiger partial charge in [0.05, 0.1) is 33.1 Å². The number of carbonyl (C=O) groups is 3. The lowest BCUT2D eigenvalue weighted by Crippen LogP contribution is -2.29. The third-order valence-corrected chi connectivity index (χ3v) is 6.46. The highest BCUT2D eigenvalue weighted by molar-refractivity contribution is 7.15. The van der Waals surface area contributed by atoms with E-state index >= 15 is 0 Å². The molecule has 3 heterocycles. The summed E-state index contributed by atoms with van der Waals surface area (Å²) < 4.78 is 6.78. The summed E-state index contributed by atoms with van der Waals surface area (Å²) in [5.74, 6) is -1.81. The lowest BCUT2D eigenvalue weighted by molar-refractivity contribution is 0.0467. The van der Waals surface area contributed by atoms with Gasteiger partial charge in [0, 0.05) is 17.1 Å². The zero-order valence-corrected chi connectivity index (χ0v) is 18.6. The highest BCUT2D eigenvalue weighted by atomic mass is 35.5. The van der Waals surface area contributed by atoms with Crippen LogP contribution in [0.15, 0.2) is 58.7 Å². The number of hydrogen-bond acceptors (Lipinski definition) is 7. The second-order valence-corrected chi connectivity index (χ2v) is 8.56. The van der Waals surface area contributed by atoms with Crippen LogP contribution in [-0.4, -0.2) is 27.2 Å². The van der Waals surface area contributed by atoms with Gasteiger partial charge in [-0.1, -0.05) is 23.7 Å². The van der Waals surface area contributed by atoms with Crippen LogP contribution in [0.2, 0.25) is 5.02 Å². The topological polar surface area (TPSA) is 98.0 Å². The van der Waals surface area contributed by atoms with Crippen LogP contribution in [-0.2, 0) is 11.3 Å². The number of thiazole rings is 1. The summed E-state index contributed by atoms with van der Waals surface area (Å²) in [5, 5.41) is 2.07. The van der Waals surface area contributed by atoms with Crippen molar-refractivity contribution >= 4 is 51.4 Å². The van der Waals surface area contributed by atoms with Crippen LogP contribution in [0.25, 0.3) is 4.96 Å². The molecule has 2 aromatic heterocycles. The molecule has 0 saturated heterocycles. The molecule has 8 nitrogen and oxygen atoms in total. The van der Waals surface area contributed by atoms with Gasteiger partial charge in [-0.05, 0) is 37.3 Å². The van der Waals surface area contributed by atoms with E-state index in [1.807, 2.05) is 5.38 Å². The van der Waals surface area contributed by atoms with E-state index in [-0.39, 0.29) is 39.6 Å². The van der Waals surface area contributed by atoms with Gasteiger partial charge in [-0.3, -0.25) is 18.8 Å². The zero-order valence-electron chi connectivity index (χ0n) is 17.1. The highest BCUT2D eigenvalue weighted by Crippen LogP contribution is 2.33. The lowest BCUT2D eigenvalue weighted by Gasteiger charge is -2.15. The van der Waals surface area contributed by atoms with Crippen LogP contribution < -0.4 is 10.5 Å². The van der Waals surface area contributed by atoms with Crippen molar-refractivity contribution in [1.82, 2.24) is 9.38 Å². The van der Waals surface area contributed by atoms with E-state index in [9.17, 15) is 19.2 Å². The first-order chi connectivity index (χ1) is 15.8. The van der Waals surface area contributed by atoms with Crippen molar-refractivity contribution in [3.05, 3.63) is 97.4 Å². The number of fused-ring (bicyclic) bond motifs is 2. The van der Waals surface area contributed by atoms with E-state index < -0.39 is 17.8 Å². The normalized spacial score (nSPS) is 13.0. The molecule has 0 aliphatic carbocycles. The number of benzene rings is 2. The smallest absolute Gasteiger partial charge is 0.338 e. The van der Waals surface area contributed by atoms with Gasteiger partial charge >= 0.3 is 5.97 Å². The fraction of sp³-hybridized carbons (Fsp3) is 0.0870. The minimum absolute atomic E-state index is 0.0845. The van der Waals surface area contributed by atoms with Crippen molar-refractivity contribution in [2.45, 2.75) is 13.5 Å². The van der Waals surface area contributed by atoms with Crippen molar-refractivity contribution < 1.29 is 19.1 Å². The number of anilines is 1. The van der Waals surface area contributed by atoms with Crippen LogP contribution >= 0.6 is 22.9 Å². The van der Waals surface area contributed by atoms with Gasteiger partial charge in [-0.15, -0.1) is 11.3 Å². The largest absolute Gasteiger partial charge is 0.456 e. The van der Waals surface area contributed by atoms with Crippen molar-refractivity contribution in [3.63, 3.8) is 0 Å². The molecule has 1 aliphatic heterocycles. The Balaban J connectivity index is 1.38. The number of imide groups is 1. The molecule has 33 heavy (non-hydrogen) atoms. The van der Waals surface area contributed by atoms with Crippen LogP contribution in [0.4, 0.5) is 5.69 Å². The van der Waals surface area contributed by atoms with Gasteiger partial charge in [0.15, 0.2) is 4.96 Å². The SMILES string of the molecule is Cc1csc2nc(COC(=O)c3ccc4c(c3)C(=O)N(c3ccccc3Cl)C4=O)cc(=O)n12. The highest BCUT2D eigenvalue weighted by Gasteiger charge is 2.38. The van der Waals surface area contributed by atoms with Crippen LogP contribution in [0.3, 0.4) is 0 Å². The summed E-state index contributed by atoms with van der Waals surface area (Å²) in [6.07, 6.45) is 0. The molecule has 164 valence electrons. The van der Waals surface area contributed by atoms with Crippen molar-refractivity contribution in [1.29, 1.82) is 0 Å². The van der Waals surface area contributed by atoms with E-state index in [1.165, 1.54) is 40.0 Å². The molecule has 0 atom stereocenters. The molecule has 2 amide bonds. The number of halogens is 1. The molecule has 10 heteroatoms. The Hall–Kier alpha value is -3.82. The van der Waals surface area contributed by atoms with Crippen LogP contribution in [0.1, 0.15) is 42.5 Å². The maximum Gasteiger partial charge on any atom is 0.338 e. The van der Waals surface area contributed by atoms with Gasteiger partial charge in [0.1, 0.15) is 6.61 Å². The van der Waals surface area contributed by atoms with Gasteiger partial charge in [0.2, 0.25) is 0 Å². The van der Waals surface area contributed by atoms with Crippen LogP contribution in [0, 0.1) is 6.92 Å². The Bertz CT molecular complexity index is 1540. The summed E-state index contributed by atoms with van der Waals surface area (Å²) >= 11 is 7.47. The summed E-state index contributed by atoms with van der Waals surface area (Å²) in [6, 6.07) is 12.0. The first-order valence-corrected chi connectivity index (χ1v) is 11.0. The number of hydrogen-bond donors (Lipinski definition) is 0. The molecule has 1 aliphatic rings. The standard InChI is InChI=1S/C23H14ClN3O5S/c1-12-11-33-23-25-14(9-19(28)26(12)23)10-32-22(31)13-6-7-15-16(8-13)21(30)27(20(15)29)18-5-3-2-4-17(18)24/h2-9,11H,10H2,1H3. The first-order valence-electron chi connectivity index (χ1n) is 9.76. The first kappa shape index (κ1) is 21.0. The molecule has 0 unspecified atom stereocenters. The van der Waals surface area contributed by atoms with Crippen molar-refractivity contribution in [2.75, 3.05) is 4.90 Å². The fourth-order valence-electron chi connectivity index (χ4n) is 3.62. The van der Waals surface area contributed by atoms with Gasteiger partial charge in [-0.25, -0.2) is 14.7 Å². The van der Waals surface area contributed by atoms with Gasteiger partial charge < -0.3 is 4.74 Å². The van der Waals surface area contributed by atoms with Gasteiger partial charge in [-0.2, -0.15) is 0 Å². The Morgan fingerprint density at radius 2 is 1.82 bits per heavy atom. The molecular weight excluding hydrogens is 466 g/mol. The second kappa shape index (κ2) is 7.95. The summed E-state index contributed by atoms with van der Waals surface area (Å²) in [6.45, 7) is 1.59. The number of para-hydroxylation sites is 1. The average molecular weight is 480 g/mol. The molecule has 0 bridgehead atoms. The van der Waals surface area contributed by atoms with E-state index in [2.05, 4.69) is 4.98 Å². The average Bonchev–Trinajstić information content (AvgIpc) is 3.30. The lowest BCUT2D eigenvalue weighted by atomic mass is 10.1. The molecule has 0 fully saturated rings. The zero-order chi connectivity index (χ0) is 23.3. The number of amides is 2. The number of nitrogens with zero attached hydrogens (tertiary/aromatic N) is 3. The maximum absolute atomic E-state index is 12.9. The van der Waals surface area contributed by atoms with E-state index in [1.54, 1.807) is 31.2 Å². The number of aryl methyl sites for hydroxylation is 1. The number of carbonyl (C=O) groups excluding carboxylic acids is 3. The number of ether oxygens (including phenoxy) is 1. The Labute approximate surface area is 195 Å². The van der Waals surface area contributed by atoms with E-state index in [0.29, 0.717) is 10.7 Å². The molecule has 2 aromatic carbocycles. The quantitative estimate of drug-likeness (QED) is 0.325. The number of rotatable bonds is 4. The number of esters is 1. The molecule has 4 aromatic rings. The second-order valence-electron chi connectivity index (χ2n) is 7.31. The summed E-state index contributed by atoms with van der Waals surface area (Å²) in [5.41, 5.74) is 1.45. The van der Waals surface area contributed by atoms with Crippen molar-refractivity contribution in [3.8, 4) is 0 Å². The Morgan fingerprint density at radius 3 is 2.61 bits per heavy atom.